The van der Waals surface area contributed by atoms with E-state index in [-0.39, 0.29) is 28.1 Å². The number of aromatic carboxylic acids is 1. The maximum atomic E-state index is 12.3. The fourth-order valence-corrected chi connectivity index (χ4v) is 4.23. The molecule has 3 aromatic rings. The quantitative estimate of drug-likeness (QED) is 0.464. The average Bonchev–Trinajstić information content (AvgIpc) is 3.26. The van der Waals surface area contributed by atoms with Crippen molar-refractivity contribution in [3.05, 3.63) is 80.7 Å². The molecule has 0 unspecified atom stereocenters. The number of nitro groups is 1. The Kier molecular flexibility index (Phi) is 4.73. The molecule has 29 heavy (non-hydrogen) atoms. The van der Waals surface area contributed by atoms with Crippen molar-refractivity contribution in [2.45, 2.75) is 5.92 Å². The van der Waals surface area contributed by atoms with E-state index in [1.54, 1.807) is 0 Å². The van der Waals surface area contributed by atoms with Crippen LogP contribution in [-0.4, -0.2) is 28.7 Å². The first-order valence-corrected chi connectivity index (χ1v) is 9.41. The molecule has 0 bridgehead atoms. The number of nitrogens with one attached hydrogen (secondary N) is 1. The lowest BCUT2D eigenvalue weighted by molar-refractivity contribution is -0.380. The number of anilines is 1. The standard InChI is InChI=1S/C20H14N2O6S/c23-19(24)18-16(9-17(29-18)22(26)27)21-20(25)28-10-15-13-7-3-1-5-11(13)12-6-2-4-8-14(12)15/h1-9,15H,10H2,(H,21,25)(H,23,24). The summed E-state index contributed by atoms with van der Waals surface area (Å²) in [6.45, 7) is 0.0501. The Labute approximate surface area is 168 Å². The topological polar surface area (TPSA) is 119 Å². The van der Waals surface area contributed by atoms with Crippen LogP contribution in [0.5, 0.6) is 0 Å². The molecule has 1 heterocycles. The summed E-state index contributed by atoms with van der Waals surface area (Å²) in [4.78, 5) is 33.4. The highest BCUT2D eigenvalue weighted by Gasteiger charge is 2.29. The lowest BCUT2D eigenvalue weighted by Crippen LogP contribution is -2.18. The second kappa shape index (κ2) is 7.36. The van der Waals surface area contributed by atoms with E-state index in [0.717, 1.165) is 28.3 Å². The van der Waals surface area contributed by atoms with Gasteiger partial charge in [-0.3, -0.25) is 15.4 Å². The van der Waals surface area contributed by atoms with Gasteiger partial charge < -0.3 is 9.84 Å². The minimum Gasteiger partial charge on any atom is -0.477 e. The molecule has 9 heteroatoms. The number of carbonyl (C=O) groups is 2. The van der Waals surface area contributed by atoms with Crippen LogP contribution < -0.4 is 5.32 Å². The highest BCUT2D eigenvalue weighted by Crippen LogP contribution is 2.44. The van der Waals surface area contributed by atoms with Crippen LogP contribution in [0, 0.1) is 10.1 Å². The van der Waals surface area contributed by atoms with Gasteiger partial charge >= 0.3 is 17.1 Å². The Balaban J connectivity index is 1.51. The van der Waals surface area contributed by atoms with Crippen LogP contribution in [0.15, 0.2) is 54.6 Å². The number of nitrogens with zero attached hydrogens (tertiary/aromatic N) is 1. The Morgan fingerprint density at radius 1 is 1.10 bits per heavy atom. The lowest BCUT2D eigenvalue weighted by Gasteiger charge is -2.14. The van der Waals surface area contributed by atoms with E-state index in [1.807, 2.05) is 48.5 Å². The van der Waals surface area contributed by atoms with Gasteiger partial charge in [-0.25, -0.2) is 9.59 Å². The van der Waals surface area contributed by atoms with Crippen molar-refractivity contribution in [2.75, 3.05) is 11.9 Å². The molecule has 0 fully saturated rings. The van der Waals surface area contributed by atoms with Gasteiger partial charge in [-0.05, 0) is 22.3 Å². The van der Waals surface area contributed by atoms with Crippen LogP contribution >= 0.6 is 11.3 Å². The number of ether oxygens (including phenoxy) is 1. The van der Waals surface area contributed by atoms with Crippen molar-refractivity contribution < 1.29 is 24.4 Å². The van der Waals surface area contributed by atoms with E-state index in [2.05, 4.69) is 5.32 Å². The summed E-state index contributed by atoms with van der Waals surface area (Å²) in [5.41, 5.74) is 4.08. The first-order valence-electron chi connectivity index (χ1n) is 8.59. The predicted molar refractivity (Wildman–Crippen MR) is 107 cm³/mol. The van der Waals surface area contributed by atoms with Gasteiger partial charge in [0.2, 0.25) is 0 Å². The van der Waals surface area contributed by atoms with Crippen molar-refractivity contribution in [3.63, 3.8) is 0 Å². The molecule has 0 saturated heterocycles. The van der Waals surface area contributed by atoms with E-state index in [1.165, 1.54) is 0 Å². The normalized spacial score (nSPS) is 12.1. The molecule has 1 aromatic heterocycles. The van der Waals surface area contributed by atoms with Crippen LogP contribution in [-0.2, 0) is 4.74 Å². The number of hydrogen-bond donors (Lipinski definition) is 2. The second-order valence-electron chi connectivity index (χ2n) is 6.34. The van der Waals surface area contributed by atoms with E-state index in [9.17, 15) is 24.8 Å². The number of hydrogen-bond acceptors (Lipinski definition) is 6. The molecular formula is C20H14N2O6S. The summed E-state index contributed by atoms with van der Waals surface area (Å²) >= 11 is 0.474. The zero-order valence-electron chi connectivity index (χ0n) is 14.8. The number of thiophene rings is 1. The number of fused-ring (bicyclic) bond motifs is 3. The van der Waals surface area contributed by atoms with Crippen molar-refractivity contribution in [1.29, 1.82) is 0 Å². The first kappa shape index (κ1) is 18.6. The van der Waals surface area contributed by atoms with Gasteiger partial charge in [-0.15, -0.1) is 0 Å². The van der Waals surface area contributed by atoms with Crippen LogP contribution in [0.3, 0.4) is 0 Å². The molecule has 0 saturated carbocycles. The van der Waals surface area contributed by atoms with Crippen LogP contribution in [0.1, 0.15) is 26.7 Å². The molecule has 2 N–H and O–H groups in total. The average molecular weight is 410 g/mol. The Morgan fingerprint density at radius 3 is 2.24 bits per heavy atom. The second-order valence-corrected chi connectivity index (χ2v) is 7.37. The van der Waals surface area contributed by atoms with Crippen molar-refractivity contribution in [1.82, 2.24) is 0 Å². The molecule has 0 spiro atoms. The van der Waals surface area contributed by atoms with Crippen LogP contribution in [0.2, 0.25) is 0 Å². The number of benzene rings is 2. The minimum absolute atomic E-state index is 0.0501. The molecule has 0 radical (unpaired) electrons. The highest BCUT2D eigenvalue weighted by molar-refractivity contribution is 7.17. The van der Waals surface area contributed by atoms with Gasteiger partial charge in [-0.1, -0.05) is 59.9 Å². The van der Waals surface area contributed by atoms with Gasteiger partial charge in [0.25, 0.3) is 0 Å². The smallest absolute Gasteiger partial charge is 0.411 e. The minimum atomic E-state index is -1.36. The number of rotatable bonds is 5. The Hall–Kier alpha value is -3.72. The van der Waals surface area contributed by atoms with Crippen LogP contribution in [0.25, 0.3) is 11.1 Å². The third kappa shape index (κ3) is 3.43. The monoisotopic (exact) mass is 410 g/mol. The molecule has 1 aliphatic carbocycles. The van der Waals surface area contributed by atoms with E-state index in [0.29, 0.717) is 11.3 Å². The molecule has 1 amide bonds. The fourth-order valence-electron chi connectivity index (χ4n) is 3.46. The maximum Gasteiger partial charge on any atom is 0.411 e. The van der Waals surface area contributed by atoms with Crippen molar-refractivity contribution >= 4 is 34.1 Å². The SMILES string of the molecule is O=C(Nc1cc([N+](=O)[O-])sc1C(=O)O)OCC1c2ccccc2-c2ccccc21. The maximum absolute atomic E-state index is 12.3. The van der Waals surface area contributed by atoms with Crippen molar-refractivity contribution in [2.24, 2.45) is 0 Å². The molecular weight excluding hydrogens is 396 g/mol. The van der Waals surface area contributed by atoms with Gasteiger partial charge in [0.15, 0.2) is 0 Å². The summed E-state index contributed by atoms with van der Waals surface area (Å²) in [5, 5.41) is 22.0. The largest absolute Gasteiger partial charge is 0.477 e. The summed E-state index contributed by atoms with van der Waals surface area (Å²) < 4.78 is 5.34. The summed E-state index contributed by atoms with van der Waals surface area (Å²) in [5.74, 6) is -1.51. The molecule has 4 rings (SSSR count). The summed E-state index contributed by atoms with van der Waals surface area (Å²) in [6, 6.07) is 16.7. The lowest BCUT2D eigenvalue weighted by atomic mass is 9.98. The van der Waals surface area contributed by atoms with E-state index < -0.39 is 17.0 Å². The number of amides is 1. The molecule has 1 aliphatic rings. The molecule has 0 atom stereocenters. The summed E-state index contributed by atoms with van der Waals surface area (Å²) in [6.07, 6.45) is -0.873. The highest BCUT2D eigenvalue weighted by atomic mass is 32.1. The first-order chi connectivity index (χ1) is 14.0. The molecule has 146 valence electrons. The van der Waals surface area contributed by atoms with E-state index in [4.69, 9.17) is 4.74 Å². The Bertz CT molecular complexity index is 1090. The molecule has 8 nitrogen and oxygen atoms in total. The number of carboxylic acids is 1. The third-order valence-electron chi connectivity index (χ3n) is 4.67. The number of carbonyl (C=O) groups excluding carboxylic acids is 1. The van der Waals surface area contributed by atoms with E-state index >= 15 is 0 Å². The van der Waals surface area contributed by atoms with Gasteiger partial charge in [0, 0.05) is 5.92 Å². The van der Waals surface area contributed by atoms with Gasteiger partial charge in [0.05, 0.1) is 16.7 Å². The van der Waals surface area contributed by atoms with Crippen LogP contribution in [0.4, 0.5) is 15.5 Å². The fraction of sp³-hybridized carbons (Fsp3) is 0.100. The van der Waals surface area contributed by atoms with Gasteiger partial charge in [0.1, 0.15) is 11.5 Å². The Morgan fingerprint density at radius 2 is 1.69 bits per heavy atom. The predicted octanol–water partition coefficient (Wildman–Crippen LogP) is 4.72. The zero-order chi connectivity index (χ0) is 20.5. The number of carboxylic acid groups (broad SMARTS) is 1. The summed E-state index contributed by atoms with van der Waals surface area (Å²) in [7, 11) is 0. The molecule has 0 aliphatic heterocycles. The zero-order valence-corrected chi connectivity index (χ0v) is 15.6. The van der Waals surface area contributed by atoms with Crippen molar-refractivity contribution in [3.8, 4) is 11.1 Å². The third-order valence-corrected chi connectivity index (χ3v) is 5.75. The van der Waals surface area contributed by atoms with Gasteiger partial charge in [-0.2, -0.15) is 0 Å². The molecule has 2 aromatic carbocycles.